The van der Waals surface area contributed by atoms with Crippen molar-refractivity contribution >= 4 is 5.91 Å². The van der Waals surface area contributed by atoms with Crippen LogP contribution in [0.3, 0.4) is 0 Å². The van der Waals surface area contributed by atoms with E-state index in [4.69, 9.17) is 4.74 Å². The van der Waals surface area contributed by atoms with Crippen LogP contribution >= 0.6 is 0 Å². The number of hydrogen-bond donors (Lipinski definition) is 1. The maximum atomic E-state index is 12.4. The zero-order valence-corrected chi connectivity index (χ0v) is 16.6. The van der Waals surface area contributed by atoms with Gasteiger partial charge in [-0.2, -0.15) is 0 Å². The normalized spacial score (nSPS) is 12.5. The summed E-state index contributed by atoms with van der Waals surface area (Å²) in [6.45, 7) is 8.71. The van der Waals surface area contributed by atoms with Gasteiger partial charge in [0.05, 0.1) is 13.2 Å². The van der Waals surface area contributed by atoms with Crippen LogP contribution in [0.25, 0.3) is 0 Å². The number of amides is 1. The molecule has 26 heavy (non-hydrogen) atoms. The fraction of sp³-hybridized carbons (Fsp3) is 0.435. The highest BCUT2D eigenvalue weighted by molar-refractivity contribution is 5.76. The Morgan fingerprint density at radius 1 is 1.04 bits per heavy atom. The van der Waals surface area contributed by atoms with Crippen molar-refractivity contribution in [1.82, 2.24) is 5.32 Å². The number of rotatable bonds is 7. The SMILES string of the molecule is CC[C@@H](NC(=O)CCc1ccc(C(C)(C)C)cc1)c1ccc(OC)cc1. The number of carbonyl (C=O) groups excluding carboxylic acids is 1. The minimum absolute atomic E-state index is 0.0386. The van der Waals surface area contributed by atoms with Gasteiger partial charge in [-0.25, -0.2) is 0 Å². The fourth-order valence-electron chi connectivity index (χ4n) is 2.95. The molecule has 1 atom stereocenters. The first-order chi connectivity index (χ1) is 12.3. The second-order valence-electron chi connectivity index (χ2n) is 7.75. The van der Waals surface area contributed by atoms with Gasteiger partial charge in [0, 0.05) is 6.42 Å². The van der Waals surface area contributed by atoms with Crippen LogP contribution in [0.2, 0.25) is 0 Å². The predicted octanol–water partition coefficient (Wildman–Crippen LogP) is 5.19. The Hall–Kier alpha value is -2.29. The van der Waals surface area contributed by atoms with Crippen molar-refractivity contribution in [2.75, 3.05) is 7.11 Å². The van der Waals surface area contributed by atoms with Crippen LogP contribution in [-0.2, 0) is 16.6 Å². The molecule has 3 heteroatoms. The standard InChI is InChI=1S/C23H31NO2/c1-6-21(18-10-14-20(26-5)15-11-18)24-22(25)16-9-17-7-12-19(13-8-17)23(2,3)4/h7-8,10-15,21H,6,9,16H2,1-5H3,(H,24,25)/t21-/m1/s1. The van der Waals surface area contributed by atoms with Crippen LogP contribution in [0, 0.1) is 0 Å². The van der Waals surface area contributed by atoms with Crippen molar-refractivity contribution in [3.8, 4) is 5.75 Å². The molecule has 2 aromatic rings. The molecule has 0 spiro atoms. The van der Waals surface area contributed by atoms with E-state index in [9.17, 15) is 4.79 Å². The molecule has 0 fully saturated rings. The van der Waals surface area contributed by atoms with Crippen LogP contribution < -0.4 is 10.1 Å². The number of ether oxygens (including phenoxy) is 1. The first-order valence-electron chi connectivity index (χ1n) is 9.36. The molecule has 0 aliphatic heterocycles. The van der Waals surface area contributed by atoms with Crippen molar-refractivity contribution in [3.05, 3.63) is 65.2 Å². The summed E-state index contributed by atoms with van der Waals surface area (Å²) >= 11 is 0. The smallest absolute Gasteiger partial charge is 0.220 e. The number of benzene rings is 2. The summed E-state index contributed by atoms with van der Waals surface area (Å²) < 4.78 is 5.19. The molecular formula is C23H31NO2. The molecule has 0 radical (unpaired) electrons. The molecule has 0 saturated heterocycles. The lowest BCUT2D eigenvalue weighted by atomic mass is 9.86. The van der Waals surface area contributed by atoms with E-state index >= 15 is 0 Å². The van der Waals surface area contributed by atoms with E-state index in [1.54, 1.807) is 7.11 Å². The molecule has 0 aromatic heterocycles. The largest absolute Gasteiger partial charge is 0.497 e. The number of hydrogen-bond acceptors (Lipinski definition) is 2. The molecular weight excluding hydrogens is 322 g/mol. The van der Waals surface area contributed by atoms with Crippen LogP contribution in [-0.4, -0.2) is 13.0 Å². The van der Waals surface area contributed by atoms with Gasteiger partial charge in [-0.3, -0.25) is 4.79 Å². The Bertz CT molecular complexity index is 696. The highest BCUT2D eigenvalue weighted by Crippen LogP contribution is 2.23. The molecule has 0 saturated carbocycles. The third-order valence-corrected chi connectivity index (χ3v) is 4.72. The van der Waals surface area contributed by atoms with Gasteiger partial charge in [0.25, 0.3) is 0 Å². The van der Waals surface area contributed by atoms with Crippen LogP contribution in [0.1, 0.15) is 63.3 Å². The highest BCUT2D eigenvalue weighted by atomic mass is 16.5. The summed E-state index contributed by atoms with van der Waals surface area (Å²) in [5, 5.41) is 3.15. The monoisotopic (exact) mass is 353 g/mol. The summed E-state index contributed by atoms with van der Waals surface area (Å²) in [4.78, 5) is 12.4. The maximum Gasteiger partial charge on any atom is 0.220 e. The first-order valence-corrected chi connectivity index (χ1v) is 9.36. The zero-order chi connectivity index (χ0) is 19.2. The molecule has 0 unspecified atom stereocenters. The number of carbonyl (C=O) groups is 1. The summed E-state index contributed by atoms with van der Waals surface area (Å²) in [7, 11) is 1.65. The van der Waals surface area contributed by atoms with Crippen molar-refractivity contribution in [2.24, 2.45) is 0 Å². The van der Waals surface area contributed by atoms with Crippen molar-refractivity contribution in [3.63, 3.8) is 0 Å². The minimum atomic E-state index is 0.0386. The first kappa shape index (κ1) is 20.0. The fourth-order valence-corrected chi connectivity index (χ4v) is 2.95. The number of methoxy groups -OCH3 is 1. The van der Waals surface area contributed by atoms with Crippen molar-refractivity contribution in [2.45, 2.75) is 58.4 Å². The van der Waals surface area contributed by atoms with E-state index in [0.29, 0.717) is 6.42 Å². The van der Waals surface area contributed by atoms with E-state index in [0.717, 1.165) is 24.2 Å². The number of aryl methyl sites for hydroxylation is 1. The Morgan fingerprint density at radius 2 is 1.65 bits per heavy atom. The molecule has 2 aromatic carbocycles. The van der Waals surface area contributed by atoms with Gasteiger partial charge in [-0.05, 0) is 47.1 Å². The predicted molar refractivity (Wildman–Crippen MR) is 108 cm³/mol. The Morgan fingerprint density at radius 3 is 2.15 bits per heavy atom. The van der Waals surface area contributed by atoms with Gasteiger partial charge >= 0.3 is 0 Å². The molecule has 0 heterocycles. The minimum Gasteiger partial charge on any atom is -0.497 e. The van der Waals surface area contributed by atoms with Gasteiger partial charge in [0.1, 0.15) is 5.75 Å². The molecule has 0 bridgehead atoms. The Labute approximate surface area is 157 Å². The lowest BCUT2D eigenvalue weighted by Crippen LogP contribution is -2.28. The third-order valence-electron chi connectivity index (χ3n) is 4.72. The van der Waals surface area contributed by atoms with E-state index in [1.165, 1.54) is 11.1 Å². The summed E-state index contributed by atoms with van der Waals surface area (Å²) in [5.74, 6) is 0.918. The molecule has 1 amide bonds. The third kappa shape index (κ3) is 5.62. The van der Waals surface area contributed by atoms with Crippen molar-refractivity contribution < 1.29 is 9.53 Å². The highest BCUT2D eigenvalue weighted by Gasteiger charge is 2.14. The second kappa shape index (κ2) is 8.88. The Kier molecular flexibility index (Phi) is 6.84. The lowest BCUT2D eigenvalue weighted by molar-refractivity contribution is -0.121. The molecule has 0 aliphatic carbocycles. The van der Waals surface area contributed by atoms with E-state index < -0.39 is 0 Å². The van der Waals surface area contributed by atoms with Gasteiger partial charge in [0.2, 0.25) is 5.91 Å². The van der Waals surface area contributed by atoms with E-state index in [1.807, 2.05) is 24.3 Å². The lowest BCUT2D eigenvalue weighted by Gasteiger charge is -2.19. The van der Waals surface area contributed by atoms with Crippen molar-refractivity contribution in [1.29, 1.82) is 0 Å². The van der Waals surface area contributed by atoms with Gasteiger partial charge in [-0.15, -0.1) is 0 Å². The van der Waals surface area contributed by atoms with Gasteiger partial charge < -0.3 is 10.1 Å². The van der Waals surface area contributed by atoms with Crippen LogP contribution in [0.5, 0.6) is 5.75 Å². The summed E-state index contributed by atoms with van der Waals surface area (Å²) in [6, 6.07) is 16.5. The Balaban J connectivity index is 1.90. The molecule has 3 nitrogen and oxygen atoms in total. The molecule has 1 N–H and O–H groups in total. The van der Waals surface area contributed by atoms with E-state index in [2.05, 4.69) is 57.3 Å². The molecule has 140 valence electrons. The molecule has 2 rings (SSSR count). The number of nitrogens with one attached hydrogen (secondary N) is 1. The van der Waals surface area contributed by atoms with Gasteiger partial charge in [0.15, 0.2) is 0 Å². The second-order valence-corrected chi connectivity index (χ2v) is 7.75. The zero-order valence-electron chi connectivity index (χ0n) is 16.6. The summed E-state index contributed by atoms with van der Waals surface area (Å²) in [5.41, 5.74) is 3.78. The topological polar surface area (TPSA) is 38.3 Å². The van der Waals surface area contributed by atoms with Gasteiger partial charge in [-0.1, -0.05) is 64.1 Å². The molecule has 0 aliphatic rings. The van der Waals surface area contributed by atoms with E-state index in [-0.39, 0.29) is 17.4 Å². The average Bonchev–Trinajstić information content (AvgIpc) is 2.64. The maximum absolute atomic E-state index is 12.4. The quantitative estimate of drug-likeness (QED) is 0.743. The van der Waals surface area contributed by atoms with Crippen LogP contribution in [0.4, 0.5) is 0 Å². The summed E-state index contributed by atoms with van der Waals surface area (Å²) in [6.07, 6.45) is 2.12. The average molecular weight is 354 g/mol. The van der Waals surface area contributed by atoms with Crippen LogP contribution in [0.15, 0.2) is 48.5 Å².